The van der Waals surface area contributed by atoms with E-state index in [1.54, 1.807) is 24.5 Å². The summed E-state index contributed by atoms with van der Waals surface area (Å²) >= 11 is 14.0. The lowest BCUT2D eigenvalue weighted by Crippen LogP contribution is -2.41. The molecule has 188 valence electrons. The smallest absolute Gasteiger partial charge is 0.262 e. The van der Waals surface area contributed by atoms with Gasteiger partial charge in [0.15, 0.2) is 0 Å². The van der Waals surface area contributed by atoms with Crippen molar-refractivity contribution in [2.45, 2.75) is 19.1 Å². The Morgan fingerprint density at radius 3 is 2.94 bits per heavy atom. The van der Waals surface area contributed by atoms with Crippen LogP contribution in [0.4, 0.5) is 0 Å². The van der Waals surface area contributed by atoms with Crippen molar-refractivity contribution in [3.8, 4) is 16.5 Å². The highest BCUT2D eigenvalue weighted by molar-refractivity contribution is 7.16. The highest BCUT2D eigenvalue weighted by atomic mass is 35.5. The lowest BCUT2D eigenvalue weighted by Gasteiger charge is -2.24. The summed E-state index contributed by atoms with van der Waals surface area (Å²) in [5.74, 6) is 0.337. The molecule has 0 aliphatic carbocycles. The summed E-state index contributed by atoms with van der Waals surface area (Å²) in [4.78, 5) is 16.9. The molecular weight excluding hydrogens is 523 g/mol. The second-order valence-electron chi connectivity index (χ2n) is 8.32. The van der Waals surface area contributed by atoms with Crippen LogP contribution in [0.1, 0.15) is 28.3 Å². The summed E-state index contributed by atoms with van der Waals surface area (Å²) in [6.45, 7) is 4.46. The van der Waals surface area contributed by atoms with Crippen molar-refractivity contribution in [2.24, 2.45) is 5.73 Å². The SMILES string of the molecule is C[C@@H](Oc1cc(-n2cnc3cc(Cl)ccc32)sc1C(N)=O)c1cccc(OC[C@H]2CNCCO2)c1Cl. The van der Waals surface area contributed by atoms with Gasteiger partial charge in [-0.1, -0.05) is 35.3 Å². The zero-order valence-electron chi connectivity index (χ0n) is 19.4. The van der Waals surface area contributed by atoms with Crippen LogP contribution in [0.15, 0.2) is 48.8 Å². The van der Waals surface area contributed by atoms with Crippen molar-refractivity contribution in [1.82, 2.24) is 14.9 Å². The molecule has 1 saturated heterocycles. The molecule has 2 aromatic carbocycles. The minimum absolute atomic E-state index is 0.0372. The number of imidazole rings is 1. The number of morpholine rings is 1. The lowest BCUT2D eigenvalue weighted by atomic mass is 10.1. The van der Waals surface area contributed by atoms with Crippen LogP contribution in [0, 0.1) is 0 Å². The first-order valence-corrected chi connectivity index (χ1v) is 12.9. The number of carbonyl (C=O) groups excluding carboxylic acids is 1. The van der Waals surface area contributed by atoms with Gasteiger partial charge in [0.05, 0.1) is 22.7 Å². The Morgan fingerprint density at radius 2 is 2.17 bits per heavy atom. The average molecular weight is 547 g/mol. The van der Waals surface area contributed by atoms with Gasteiger partial charge in [-0.05, 0) is 31.2 Å². The highest BCUT2D eigenvalue weighted by Crippen LogP contribution is 2.39. The molecule has 0 radical (unpaired) electrons. The van der Waals surface area contributed by atoms with Crippen molar-refractivity contribution < 1.29 is 19.0 Å². The van der Waals surface area contributed by atoms with Gasteiger partial charge in [0.2, 0.25) is 0 Å². The highest BCUT2D eigenvalue weighted by Gasteiger charge is 2.22. The van der Waals surface area contributed by atoms with Crippen molar-refractivity contribution in [2.75, 3.05) is 26.3 Å². The molecule has 5 rings (SSSR count). The number of nitrogens with zero attached hydrogens (tertiary/aromatic N) is 2. The monoisotopic (exact) mass is 546 g/mol. The van der Waals surface area contributed by atoms with E-state index in [4.69, 9.17) is 43.1 Å². The minimum Gasteiger partial charge on any atom is -0.489 e. The van der Waals surface area contributed by atoms with E-state index in [0.717, 1.165) is 34.7 Å². The fourth-order valence-corrected chi connectivity index (χ4v) is 5.45. The van der Waals surface area contributed by atoms with Gasteiger partial charge in [0.25, 0.3) is 5.91 Å². The zero-order valence-corrected chi connectivity index (χ0v) is 21.7. The standard InChI is InChI=1S/C25H24Cl2N4O4S/c1-14(17-3-2-4-20(23(17)27)34-12-16-11-29-7-8-33-16)35-21-10-22(36-24(21)25(28)32)31-13-30-18-9-15(26)5-6-19(18)31/h2-6,9-10,13-14,16,29H,7-8,11-12H2,1H3,(H2,28,32)/t14-,16-/m1/s1. The van der Waals surface area contributed by atoms with Gasteiger partial charge in [0.1, 0.15) is 46.5 Å². The largest absolute Gasteiger partial charge is 0.489 e. The molecular formula is C25H24Cl2N4O4S. The third-order valence-corrected chi connectivity index (χ3v) is 7.59. The van der Waals surface area contributed by atoms with E-state index in [-0.39, 0.29) is 6.10 Å². The summed E-state index contributed by atoms with van der Waals surface area (Å²) in [5.41, 5.74) is 7.99. The third-order valence-electron chi connectivity index (χ3n) is 5.82. The number of ether oxygens (including phenoxy) is 3. The number of primary amides is 1. The molecule has 1 aliphatic heterocycles. The molecule has 2 atom stereocenters. The summed E-state index contributed by atoms with van der Waals surface area (Å²) in [6.07, 6.45) is 1.16. The lowest BCUT2D eigenvalue weighted by molar-refractivity contribution is 0.000181. The maximum Gasteiger partial charge on any atom is 0.262 e. The molecule has 2 aromatic heterocycles. The molecule has 3 heterocycles. The quantitative estimate of drug-likeness (QED) is 0.322. The third kappa shape index (κ3) is 5.16. The molecule has 8 nitrogen and oxygen atoms in total. The topological polar surface area (TPSA) is 101 Å². The molecule has 1 fully saturated rings. The second-order valence-corrected chi connectivity index (χ2v) is 10.2. The average Bonchev–Trinajstić information content (AvgIpc) is 3.47. The summed E-state index contributed by atoms with van der Waals surface area (Å²) < 4.78 is 19.7. The van der Waals surface area contributed by atoms with E-state index in [1.165, 1.54) is 11.3 Å². The van der Waals surface area contributed by atoms with Crippen LogP contribution in [-0.4, -0.2) is 47.9 Å². The summed E-state index contributed by atoms with van der Waals surface area (Å²) in [6, 6.07) is 12.7. The van der Waals surface area contributed by atoms with Gasteiger partial charge in [-0.2, -0.15) is 0 Å². The number of carbonyl (C=O) groups is 1. The Hall–Kier alpha value is -2.82. The number of amides is 1. The van der Waals surface area contributed by atoms with Gasteiger partial charge in [-0.25, -0.2) is 4.98 Å². The van der Waals surface area contributed by atoms with E-state index >= 15 is 0 Å². The van der Waals surface area contributed by atoms with Crippen molar-refractivity contribution in [3.63, 3.8) is 0 Å². The van der Waals surface area contributed by atoms with Crippen LogP contribution in [0.5, 0.6) is 11.5 Å². The molecule has 0 saturated carbocycles. The first-order valence-electron chi connectivity index (χ1n) is 11.4. The zero-order chi connectivity index (χ0) is 25.2. The van der Waals surface area contributed by atoms with Gasteiger partial charge in [0, 0.05) is 29.7 Å². The summed E-state index contributed by atoms with van der Waals surface area (Å²) in [7, 11) is 0. The second kappa shape index (κ2) is 10.7. The minimum atomic E-state index is -0.579. The first kappa shape index (κ1) is 24.9. The van der Waals surface area contributed by atoms with Crippen LogP contribution in [-0.2, 0) is 4.74 Å². The maximum atomic E-state index is 12.2. The number of halogens is 2. The van der Waals surface area contributed by atoms with E-state index in [9.17, 15) is 4.79 Å². The molecule has 36 heavy (non-hydrogen) atoms. The van der Waals surface area contributed by atoms with Crippen molar-refractivity contribution in [1.29, 1.82) is 0 Å². The Labute approximate surface area is 221 Å². The number of aromatic nitrogens is 2. The Kier molecular flexibility index (Phi) is 7.36. The van der Waals surface area contributed by atoms with Crippen LogP contribution in [0.3, 0.4) is 0 Å². The van der Waals surface area contributed by atoms with Crippen LogP contribution >= 0.6 is 34.5 Å². The van der Waals surface area contributed by atoms with Crippen molar-refractivity contribution >= 4 is 51.5 Å². The molecule has 0 unspecified atom stereocenters. The van der Waals surface area contributed by atoms with Crippen LogP contribution < -0.4 is 20.5 Å². The predicted octanol–water partition coefficient (Wildman–Crippen LogP) is 5.00. The molecule has 0 spiro atoms. The number of fused-ring (bicyclic) bond motifs is 1. The van der Waals surface area contributed by atoms with E-state index in [1.807, 2.05) is 35.8 Å². The fraction of sp³-hybridized carbons (Fsp3) is 0.280. The molecule has 1 aliphatic rings. The van der Waals surface area contributed by atoms with Crippen LogP contribution in [0.25, 0.3) is 16.0 Å². The molecule has 4 aromatic rings. The van der Waals surface area contributed by atoms with E-state index in [2.05, 4.69) is 10.3 Å². The first-order chi connectivity index (χ1) is 17.4. The van der Waals surface area contributed by atoms with Crippen LogP contribution in [0.2, 0.25) is 10.0 Å². The molecule has 1 amide bonds. The summed E-state index contributed by atoms with van der Waals surface area (Å²) in [5, 5.41) is 5.06. The number of thiophene rings is 1. The Morgan fingerprint density at radius 1 is 1.31 bits per heavy atom. The van der Waals surface area contributed by atoms with Gasteiger partial charge in [-0.15, -0.1) is 11.3 Å². The fourth-order valence-electron chi connectivity index (χ4n) is 4.02. The Bertz CT molecular complexity index is 1400. The number of nitrogens with two attached hydrogens (primary N) is 1. The number of hydrogen-bond donors (Lipinski definition) is 2. The van der Waals surface area contributed by atoms with E-state index in [0.29, 0.717) is 39.6 Å². The van der Waals surface area contributed by atoms with Gasteiger partial charge in [-0.3, -0.25) is 9.36 Å². The van der Waals surface area contributed by atoms with E-state index < -0.39 is 12.0 Å². The Balaban J connectivity index is 1.38. The molecule has 11 heteroatoms. The maximum absolute atomic E-state index is 12.2. The molecule has 3 N–H and O–H groups in total. The number of benzene rings is 2. The van der Waals surface area contributed by atoms with Gasteiger partial charge < -0.3 is 25.3 Å². The predicted molar refractivity (Wildman–Crippen MR) is 141 cm³/mol. The number of nitrogens with one attached hydrogen (secondary N) is 1. The number of hydrogen-bond acceptors (Lipinski definition) is 7. The number of rotatable bonds is 8. The van der Waals surface area contributed by atoms with Crippen molar-refractivity contribution in [3.05, 3.63) is 69.3 Å². The molecule has 0 bridgehead atoms. The van der Waals surface area contributed by atoms with Gasteiger partial charge >= 0.3 is 0 Å². The normalized spacial score (nSPS) is 16.7.